The van der Waals surface area contributed by atoms with E-state index < -0.39 is 10.7 Å². The highest BCUT2D eigenvalue weighted by Crippen LogP contribution is 2.41. The second-order valence-electron chi connectivity index (χ2n) is 4.16. The standard InChI is InChI=1S/C12H12BrFO2S/c13-9-2-3-10(14)8(6-9)7-12(11(15)16)4-1-5-17-12/h2-3,6H,1,4-5,7H2,(H,15,16). The maximum absolute atomic E-state index is 13.6. The summed E-state index contributed by atoms with van der Waals surface area (Å²) in [5.74, 6) is -0.331. The van der Waals surface area contributed by atoms with Crippen LogP contribution in [0.4, 0.5) is 4.39 Å². The Morgan fingerprint density at radius 1 is 1.59 bits per heavy atom. The quantitative estimate of drug-likeness (QED) is 0.927. The summed E-state index contributed by atoms with van der Waals surface area (Å²) >= 11 is 4.71. The first-order valence-electron chi connectivity index (χ1n) is 5.35. The van der Waals surface area contributed by atoms with Crippen LogP contribution in [0.25, 0.3) is 0 Å². The van der Waals surface area contributed by atoms with Gasteiger partial charge in [-0.05, 0) is 42.4 Å². The van der Waals surface area contributed by atoms with Crippen molar-refractivity contribution < 1.29 is 14.3 Å². The maximum atomic E-state index is 13.6. The van der Waals surface area contributed by atoms with Gasteiger partial charge in [0.2, 0.25) is 0 Å². The Kier molecular flexibility index (Phi) is 3.78. The summed E-state index contributed by atoms with van der Waals surface area (Å²) in [6.07, 6.45) is 1.74. The smallest absolute Gasteiger partial charge is 0.320 e. The Balaban J connectivity index is 2.29. The normalized spacial score (nSPS) is 23.9. The minimum atomic E-state index is -0.846. The summed E-state index contributed by atoms with van der Waals surface area (Å²) in [4.78, 5) is 11.4. The van der Waals surface area contributed by atoms with Crippen LogP contribution in [0.3, 0.4) is 0 Å². The summed E-state index contributed by atoms with van der Waals surface area (Å²) in [5.41, 5.74) is 0.469. The lowest BCUT2D eigenvalue weighted by atomic mass is 9.94. The van der Waals surface area contributed by atoms with Crippen LogP contribution in [0.1, 0.15) is 18.4 Å². The summed E-state index contributed by atoms with van der Waals surface area (Å²) in [6.45, 7) is 0. The Bertz CT molecular complexity index is 444. The summed E-state index contributed by atoms with van der Waals surface area (Å²) in [7, 11) is 0. The molecule has 1 fully saturated rings. The number of carboxylic acids is 1. The van der Waals surface area contributed by atoms with E-state index >= 15 is 0 Å². The lowest BCUT2D eigenvalue weighted by Gasteiger charge is -2.23. The second kappa shape index (κ2) is 4.98. The molecular formula is C12H12BrFO2S. The molecule has 0 radical (unpaired) electrons. The van der Waals surface area contributed by atoms with Gasteiger partial charge in [0.05, 0.1) is 0 Å². The third-order valence-corrected chi connectivity index (χ3v) is 5.04. The van der Waals surface area contributed by atoms with Crippen LogP contribution in [0.15, 0.2) is 22.7 Å². The zero-order valence-corrected chi connectivity index (χ0v) is 11.5. The van der Waals surface area contributed by atoms with E-state index in [1.165, 1.54) is 17.8 Å². The van der Waals surface area contributed by atoms with E-state index in [1.807, 2.05) is 0 Å². The van der Waals surface area contributed by atoms with Gasteiger partial charge < -0.3 is 5.11 Å². The lowest BCUT2D eigenvalue weighted by Crippen LogP contribution is -2.35. The van der Waals surface area contributed by atoms with E-state index in [1.54, 1.807) is 12.1 Å². The van der Waals surface area contributed by atoms with Gasteiger partial charge in [-0.15, -0.1) is 11.8 Å². The third-order valence-electron chi connectivity index (χ3n) is 2.98. The molecule has 1 saturated heterocycles. The van der Waals surface area contributed by atoms with E-state index in [0.29, 0.717) is 12.0 Å². The fourth-order valence-electron chi connectivity index (χ4n) is 2.07. The van der Waals surface area contributed by atoms with Gasteiger partial charge in [0.1, 0.15) is 10.6 Å². The number of carbonyl (C=O) groups is 1. The van der Waals surface area contributed by atoms with Gasteiger partial charge in [0, 0.05) is 10.9 Å². The number of carboxylic acid groups (broad SMARTS) is 1. The highest BCUT2D eigenvalue weighted by molar-refractivity contribution is 9.10. The van der Waals surface area contributed by atoms with E-state index in [-0.39, 0.29) is 12.2 Å². The molecule has 1 aromatic rings. The molecule has 1 N–H and O–H groups in total. The van der Waals surface area contributed by atoms with E-state index in [9.17, 15) is 14.3 Å². The number of aliphatic carboxylic acids is 1. The van der Waals surface area contributed by atoms with Crippen LogP contribution >= 0.6 is 27.7 Å². The summed E-state index contributed by atoms with van der Waals surface area (Å²) in [5, 5.41) is 9.33. The number of hydrogen-bond acceptors (Lipinski definition) is 2. The second-order valence-corrected chi connectivity index (χ2v) is 6.56. The molecule has 1 aliphatic heterocycles. The van der Waals surface area contributed by atoms with Crippen LogP contribution in [-0.4, -0.2) is 21.6 Å². The van der Waals surface area contributed by atoms with Crippen LogP contribution in [0, 0.1) is 5.82 Å². The van der Waals surface area contributed by atoms with Gasteiger partial charge >= 0.3 is 5.97 Å². The zero-order valence-electron chi connectivity index (χ0n) is 9.08. The highest BCUT2D eigenvalue weighted by atomic mass is 79.9. The topological polar surface area (TPSA) is 37.3 Å². The van der Waals surface area contributed by atoms with Gasteiger partial charge in [-0.25, -0.2) is 4.39 Å². The summed E-state index contributed by atoms with van der Waals surface area (Å²) < 4.78 is 13.6. The molecule has 0 spiro atoms. The number of benzene rings is 1. The zero-order chi connectivity index (χ0) is 12.5. The predicted molar refractivity (Wildman–Crippen MR) is 69.9 cm³/mol. The van der Waals surface area contributed by atoms with Gasteiger partial charge in [0.25, 0.3) is 0 Å². The van der Waals surface area contributed by atoms with Crippen molar-refractivity contribution >= 4 is 33.7 Å². The molecule has 0 aliphatic carbocycles. The number of halogens is 2. The Labute approximate surface area is 112 Å². The largest absolute Gasteiger partial charge is 0.480 e. The molecule has 0 saturated carbocycles. The van der Waals surface area contributed by atoms with Crippen molar-refractivity contribution in [3.05, 3.63) is 34.1 Å². The lowest BCUT2D eigenvalue weighted by molar-refractivity contribution is -0.139. The molecule has 0 amide bonds. The molecule has 0 bridgehead atoms. The van der Waals surface area contributed by atoms with Crippen LogP contribution in [-0.2, 0) is 11.2 Å². The molecule has 2 nitrogen and oxygen atoms in total. The van der Waals surface area contributed by atoms with Crippen molar-refractivity contribution in [2.75, 3.05) is 5.75 Å². The summed E-state index contributed by atoms with van der Waals surface area (Å²) in [6, 6.07) is 4.65. The monoisotopic (exact) mass is 318 g/mol. The van der Waals surface area contributed by atoms with Gasteiger partial charge in [-0.3, -0.25) is 4.79 Å². The molecule has 17 heavy (non-hydrogen) atoms. The van der Waals surface area contributed by atoms with Gasteiger partial charge in [-0.2, -0.15) is 0 Å². The molecule has 0 aromatic heterocycles. The minimum Gasteiger partial charge on any atom is -0.480 e. The van der Waals surface area contributed by atoms with Crippen molar-refractivity contribution in [1.29, 1.82) is 0 Å². The molecule has 1 unspecified atom stereocenters. The highest BCUT2D eigenvalue weighted by Gasteiger charge is 2.42. The van der Waals surface area contributed by atoms with Crippen LogP contribution < -0.4 is 0 Å². The molecule has 5 heteroatoms. The molecular weight excluding hydrogens is 307 g/mol. The fraction of sp³-hybridized carbons (Fsp3) is 0.417. The van der Waals surface area contributed by atoms with Crippen molar-refractivity contribution in [2.24, 2.45) is 0 Å². The average molecular weight is 319 g/mol. The predicted octanol–water partition coefficient (Wildman–Crippen LogP) is 3.48. The first-order chi connectivity index (χ1) is 8.03. The van der Waals surface area contributed by atoms with Crippen molar-refractivity contribution in [3.8, 4) is 0 Å². The van der Waals surface area contributed by atoms with E-state index in [0.717, 1.165) is 16.6 Å². The average Bonchev–Trinajstić information content (AvgIpc) is 2.73. The van der Waals surface area contributed by atoms with Gasteiger partial charge in [0.15, 0.2) is 0 Å². The molecule has 1 aromatic carbocycles. The van der Waals surface area contributed by atoms with Crippen molar-refractivity contribution in [1.82, 2.24) is 0 Å². The molecule has 1 atom stereocenters. The van der Waals surface area contributed by atoms with Crippen LogP contribution in [0.2, 0.25) is 0 Å². The first kappa shape index (κ1) is 12.9. The number of rotatable bonds is 3. The SMILES string of the molecule is O=C(O)C1(Cc2cc(Br)ccc2F)CCCS1. The maximum Gasteiger partial charge on any atom is 0.320 e. The molecule has 2 rings (SSSR count). The molecule has 1 heterocycles. The van der Waals surface area contributed by atoms with E-state index in [2.05, 4.69) is 15.9 Å². The van der Waals surface area contributed by atoms with Crippen molar-refractivity contribution in [2.45, 2.75) is 24.0 Å². The fourth-order valence-corrected chi connectivity index (χ4v) is 3.83. The third kappa shape index (κ3) is 2.65. The molecule has 92 valence electrons. The first-order valence-corrected chi connectivity index (χ1v) is 7.13. The van der Waals surface area contributed by atoms with Crippen molar-refractivity contribution in [3.63, 3.8) is 0 Å². The van der Waals surface area contributed by atoms with Gasteiger partial charge in [-0.1, -0.05) is 15.9 Å². The Morgan fingerprint density at radius 2 is 2.35 bits per heavy atom. The number of hydrogen-bond donors (Lipinski definition) is 1. The van der Waals surface area contributed by atoms with Crippen LogP contribution in [0.5, 0.6) is 0 Å². The Morgan fingerprint density at radius 3 is 2.94 bits per heavy atom. The minimum absolute atomic E-state index is 0.248. The number of thioether (sulfide) groups is 1. The Hall–Kier alpha value is -0.550. The molecule has 1 aliphatic rings. The van der Waals surface area contributed by atoms with E-state index in [4.69, 9.17) is 0 Å².